The first kappa shape index (κ1) is 12.4. The Hall–Kier alpha value is -0.680. The van der Waals surface area contributed by atoms with E-state index < -0.39 is 6.10 Å². The summed E-state index contributed by atoms with van der Waals surface area (Å²) in [4.78, 5) is 0. The lowest BCUT2D eigenvalue weighted by Gasteiger charge is -2.05. The standard InChI is InChI=1S/C11H18O4/c1-9(2-4-10(13)8-12)3-5-11-14-6-7-15-11/h2-4,10-13H,5-8H2,1H3/b4-2+,9-3+. The molecule has 1 fully saturated rings. The number of allylic oxidation sites excluding steroid dienone is 2. The summed E-state index contributed by atoms with van der Waals surface area (Å²) in [6.45, 7) is 3.00. The van der Waals surface area contributed by atoms with Crippen molar-refractivity contribution in [2.24, 2.45) is 0 Å². The van der Waals surface area contributed by atoms with Gasteiger partial charge in [0.25, 0.3) is 0 Å². The highest BCUT2D eigenvalue weighted by molar-refractivity contribution is 5.17. The molecule has 1 aliphatic rings. The van der Waals surface area contributed by atoms with E-state index >= 15 is 0 Å². The number of hydrogen-bond acceptors (Lipinski definition) is 4. The summed E-state index contributed by atoms with van der Waals surface area (Å²) in [6, 6.07) is 0. The smallest absolute Gasteiger partial charge is 0.161 e. The SMILES string of the molecule is CC(/C=C/C(O)CO)=C\CC1OCCO1. The maximum Gasteiger partial charge on any atom is 0.161 e. The third-order valence-corrected chi connectivity index (χ3v) is 2.09. The number of ether oxygens (including phenoxy) is 2. The van der Waals surface area contributed by atoms with Crippen molar-refractivity contribution < 1.29 is 19.7 Å². The maximum atomic E-state index is 9.07. The van der Waals surface area contributed by atoms with Gasteiger partial charge in [-0.2, -0.15) is 0 Å². The van der Waals surface area contributed by atoms with Crippen molar-refractivity contribution in [2.75, 3.05) is 19.8 Å². The number of rotatable bonds is 5. The van der Waals surface area contributed by atoms with Gasteiger partial charge in [0, 0.05) is 6.42 Å². The molecular formula is C11H18O4. The van der Waals surface area contributed by atoms with Crippen molar-refractivity contribution in [2.45, 2.75) is 25.7 Å². The van der Waals surface area contributed by atoms with Gasteiger partial charge in [0.05, 0.1) is 25.9 Å². The molecular weight excluding hydrogens is 196 g/mol. The minimum atomic E-state index is -0.785. The quantitative estimate of drug-likeness (QED) is 0.658. The third kappa shape index (κ3) is 5.09. The van der Waals surface area contributed by atoms with E-state index in [1.807, 2.05) is 13.0 Å². The molecule has 0 aromatic heterocycles. The fourth-order valence-electron chi connectivity index (χ4n) is 1.22. The molecule has 4 nitrogen and oxygen atoms in total. The van der Waals surface area contributed by atoms with Crippen LogP contribution in [0.15, 0.2) is 23.8 Å². The van der Waals surface area contributed by atoms with E-state index in [9.17, 15) is 0 Å². The Bertz CT molecular complexity index is 229. The summed E-state index contributed by atoms with van der Waals surface area (Å²) >= 11 is 0. The van der Waals surface area contributed by atoms with Crippen molar-refractivity contribution >= 4 is 0 Å². The summed E-state index contributed by atoms with van der Waals surface area (Å²) in [5.41, 5.74) is 1.02. The predicted octanol–water partition coefficient (Wildman–Crippen LogP) is 0.605. The van der Waals surface area contributed by atoms with Crippen LogP contribution in [0.5, 0.6) is 0 Å². The average Bonchev–Trinajstić information content (AvgIpc) is 2.75. The second-order valence-corrected chi connectivity index (χ2v) is 3.46. The van der Waals surface area contributed by atoms with Crippen LogP contribution in [-0.2, 0) is 9.47 Å². The molecule has 0 aromatic rings. The molecule has 1 rings (SSSR count). The zero-order valence-electron chi connectivity index (χ0n) is 8.93. The van der Waals surface area contributed by atoms with E-state index in [2.05, 4.69) is 0 Å². The second-order valence-electron chi connectivity index (χ2n) is 3.46. The van der Waals surface area contributed by atoms with Gasteiger partial charge in [-0.25, -0.2) is 0 Å². The van der Waals surface area contributed by atoms with Crippen LogP contribution >= 0.6 is 0 Å². The third-order valence-electron chi connectivity index (χ3n) is 2.09. The molecule has 0 aliphatic carbocycles. The molecule has 0 saturated carbocycles. The van der Waals surface area contributed by atoms with Crippen LogP contribution in [0.3, 0.4) is 0 Å². The summed E-state index contributed by atoms with van der Waals surface area (Å²) < 4.78 is 10.5. The predicted molar refractivity (Wildman–Crippen MR) is 56.3 cm³/mol. The largest absolute Gasteiger partial charge is 0.393 e. The van der Waals surface area contributed by atoms with Gasteiger partial charge in [0.1, 0.15) is 0 Å². The molecule has 86 valence electrons. The molecule has 1 unspecified atom stereocenters. The van der Waals surface area contributed by atoms with Crippen molar-refractivity contribution in [1.82, 2.24) is 0 Å². The Balaban J connectivity index is 2.28. The molecule has 15 heavy (non-hydrogen) atoms. The van der Waals surface area contributed by atoms with Gasteiger partial charge >= 0.3 is 0 Å². The molecule has 0 bridgehead atoms. The van der Waals surface area contributed by atoms with E-state index in [4.69, 9.17) is 19.7 Å². The minimum Gasteiger partial charge on any atom is -0.393 e. The zero-order chi connectivity index (χ0) is 11.1. The first-order valence-electron chi connectivity index (χ1n) is 5.09. The lowest BCUT2D eigenvalue weighted by Crippen LogP contribution is -2.07. The summed E-state index contributed by atoms with van der Waals surface area (Å²) in [7, 11) is 0. The lowest BCUT2D eigenvalue weighted by atomic mass is 10.2. The highest BCUT2D eigenvalue weighted by atomic mass is 16.7. The fraction of sp³-hybridized carbons (Fsp3) is 0.636. The van der Waals surface area contributed by atoms with E-state index in [0.717, 1.165) is 5.57 Å². The monoisotopic (exact) mass is 214 g/mol. The van der Waals surface area contributed by atoms with Gasteiger partial charge in [0.15, 0.2) is 6.29 Å². The molecule has 1 saturated heterocycles. The Morgan fingerprint density at radius 1 is 1.47 bits per heavy atom. The summed E-state index contributed by atoms with van der Waals surface area (Å²) in [6.07, 6.45) is 5.11. The fourth-order valence-corrected chi connectivity index (χ4v) is 1.22. The maximum absolute atomic E-state index is 9.07. The Morgan fingerprint density at radius 2 is 2.13 bits per heavy atom. The minimum absolute atomic E-state index is 0.129. The Labute approximate surface area is 89.8 Å². The molecule has 0 spiro atoms. The van der Waals surface area contributed by atoms with Gasteiger partial charge in [-0.05, 0) is 6.92 Å². The molecule has 0 radical (unpaired) electrons. The van der Waals surface area contributed by atoms with E-state index in [-0.39, 0.29) is 12.9 Å². The topological polar surface area (TPSA) is 58.9 Å². The molecule has 0 aromatic carbocycles. The molecule has 1 atom stereocenters. The van der Waals surface area contributed by atoms with Gasteiger partial charge < -0.3 is 19.7 Å². The number of hydrogen-bond donors (Lipinski definition) is 2. The molecule has 1 aliphatic heterocycles. The van der Waals surface area contributed by atoms with Gasteiger partial charge in [0.2, 0.25) is 0 Å². The van der Waals surface area contributed by atoms with Crippen LogP contribution in [0, 0.1) is 0 Å². The van der Waals surface area contributed by atoms with E-state index in [1.165, 1.54) is 0 Å². The van der Waals surface area contributed by atoms with E-state index in [0.29, 0.717) is 19.6 Å². The molecule has 0 amide bonds. The summed E-state index contributed by atoms with van der Waals surface area (Å²) in [5.74, 6) is 0. The van der Waals surface area contributed by atoms with Gasteiger partial charge in [-0.15, -0.1) is 0 Å². The summed E-state index contributed by atoms with van der Waals surface area (Å²) in [5, 5.41) is 17.7. The molecule has 2 N–H and O–H groups in total. The van der Waals surface area contributed by atoms with Crippen molar-refractivity contribution in [3.63, 3.8) is 0 Å². The van der Waals surface area contributed by atoms with Crippen LogP contribution in [-0.4, -0.2) is 42.4 Å². The van der Waals surface area contributed by atoms with Crippen molar-refractivity contribution in [3.8, 4) is 0 Å². The first-order chi connectivity index (χ1) is 7.22. The molecule has 4 heteroatoms. The van der Waals surface area contributed by atoms with Crippen LogP contribution in [0.2, 0.25) is 0 Å². The van der Waals surface area contributed by atoms with Gasteiger partial charge in [-0.1, -0.05) is 23.8 Å². The second kappa shape index (κ2) is 6.74. The average molecular weight is 214 g/mol. The van der Waals surface area contributed by atoms with Crippen molar-refractivity contribution in [1.29, 1.82) is 0 Å². The normalized spacial score (nSPS) is 21.4. The Morgan fingerprint density at radius 3 is 2.73 bits per heavy atom. The van der Waals surface area contributed by atoms with E-state index in [1.54, 1.807) is 12.2 Å². The van der Waals surface area contributed by atoms with Crippen molar-refractivity contribution in [3.05, 3.63) is 23.8 Å². The van der Waals surface area contributed by atoms with Crippen LogP contribution < -0.4 is 0 Å². The number of aliphatic hydroxyl groups excluding tert-OH is 2. The van der Waals surface area contributed by atoms with Crippen LogP contribution in [0.25, 0.3) is 0 Å². The lowest BCUT2D eigenvalue weighted by molar-refractivity contribution is -0.0381. The van der Waals surface area contributed by atoms with Crippen LogP contribution in [0.1, 0.15) is 13.3 Å². The zero-order valence-corrected chi connectivity index (χ0v) is 8.93. The first-order valence-corrected chi connectivity index (χ1v) is 5.09. The molecule has 1 heterocycles. The Kier molecular flexibility index (Phi) is 5.57. The van der Waals surface area contributed by atoms with Crippen LogP contribution in [0.4, 0.5) is 0 Å². The highest BCUT2D eigenvalue weighted by Gasteiger charge is 2.13. The highest BCUT2D eigenvalue weighted by Crippen LogP contribution is 2.10. The number of aliphatic hydroxyl groups is 2. The van der Waals surface area contributed by atoms with Gasteiger partial charge in [-0.3, -0.25) is 0 Å².